The number of aromatic nitrogens is 4. The van der Waals surface area contributed by atoms with E-state index >= 15 is 0 Å². The van der Waals surface area contributed by atoms with Gasteiger partial charge in [-0.25, -0.2) is 10.2 Å². The third-order valence-electron chi connectivity index (χ3n) is 3.37. The van der Waals surface area contributed by atoms with E-state index in [1.54, 1.807) is 13.3 Å². The van der Waals surface area contributed by atoms with Crippen molar-refractivity contribution in [2.45, 2.75) is 0 Å². The molecule has 0 aliphatic rings. The molecule has 9 heteroatoms. The molecule has 0 unspecified atom stereocenters. The number of benzene rings is 1. The summed E-state index contributed by atoms with van der Waals surface area (Å²) in [5, 5.41) is 4.08. The molecule has 0 atom stereocenters. The SMILES string of the molecule is Cn1c(=O)c2[nH]c(N/N=C/c3ccccc3Br)nc2n(C)c1=O. The zero-order chi connectivity index (χ0) is 16.6. The second-order valence-electron chi connectivity index (χ2n) is 4.88. The fraction of sp³-hybridized carbons (Fsp3) is 0.143. The van der Waals surface area contributed by atoms with Crippen molar-refractivity contribution in [1.29, 1.82) is 0 Å². The molecule has 0 aliphatic carbocycles. The summed E-state index contributed by atoms with van der Waals surface area (Å²) < 4.78 is 3.23. The highest BCUT2D eigenvalue weighted by Gasteiger charge is 2.12. The van der Waals surface area contributed by atoms with E-state index in [1.165, 1.54) is 11.6 Å². The Bertz CT molecular complexity index is 1030. The molecule has 2 heterocycles. The van der Waals surface area contributed by atoms with E-state index in [0.717, 1.165) is 14.6 Å². The number of aryl methyl sites for hydroxylation is 1. The van der Waals surface area contributed by atoms with Crippen LogP contribution in [-0.4, -0.2) is 25.3 Å². The lowest BCUT2D eigenvalue weighted by atomic mass is 10.2. The minimum absolute atomic E-state index is 0.244. The smallest absolute Gasteiger partial charge is 0.317 e. The molecular formula is C14H13BrN6O2. The highest BCUT2D eigenvalue weighted by molar-refractivity contribution is 9.10. The van der Waals surface area contributed by atoms with Crippen molar-refractivity contribution in [3.05, 3.63) is 55.1 Å². The van der Waals surface area contributed by atoms with Gasteiger partial charge in [-0.1, -0.05) is 34.1 Å². The molecule has 1 aromatic carbocycles. The van der Waals surface area contributed by atoms with Crippen LogP contribution in [0.15, 0.2) is 43.4 Å². The van der Waals surface area contributed by atoms with E-state index in [-0.39, 0.29) is 17.1 Å². The first-order valence-electron chi connectivity index (χ1n) is 6.68. The minimum Gasteiger partial charge on any atom is -0.317 e. The van der Waals surface area contributed by atoms with E-state index in [9.17, 15) is 9.59 Å². The van der Waals surface area contributed by atoms with Crippen molar-refractivity contribution >= 4 is 39.3 Å². The molecule has 0 fully saturated rings. The summed E-state index contributed by atoms with van der Waals surface area (Å²) in [7, 11) is 2.97. The fourth-order valence-corrected chi connectivity index (χ4v) is 2.51. The van der Waals surface area contributed by atoms with Crippen molar-refractivity contribution in [3.8, 4) is 0 Å². The van der Waals surface area contributed by atoms with Crippen LogP contribution in [0.5, 0.6) is 0 Å². The quantitative estimate of drug-likeness (QED) is 0.529. The molecule has 0 bridgehead atoms. The van der Waals surface area contributed by atoms with Crippen molar-refractivity contribution in [1.82, 2.24) is 19.1 Å². The van der Waals surface area contributed by atoms with Gasteiger partial charge in [0, 0.05) is 24.1 Å². The number of hydrogen-bond acceptors (Lipinski definition) is 5. The average molecular weight is 377 g/mol. The predicted octanol–water partition coefficient (Wildman–Crippen LogP) is 1.17. The molecule has 0 saturated heterocycles. The maximum absolute atomic E-state index is 12.1. The van der Waals surface area contributed by atoms with Gasteiger partial charge in [0.2, 0.25) is 5.95 Å². The summed E-state index contributed by atoms with van der Waals surface area (Å²) in [4.78, 5) is 30.9. The van der Waals surface area contributed by atoms with Gasteiger partial charge in [-0.05, 0) is 6.07 Å². The first-order chi connectivity index (χ1) is 11.0. The minimum atomic E-state index is -0.433. The zero-order valence-corrected chi connectivity index (χ0v) is 14.0. The van der Waals surface area contributed by atoms with Crippen LogP contribution in [0.4, 0.5) is 5.95 Å². The van der Waals surface area contributed by atoms with Crippen LogP contribution in [0.2, 0.25) is 0 Å². The normalized spacial score (nSPS) is 11.4. The molecule has 0 spiro atoms. The first kappa shape index (κ1) is 15.2. The number of anilines is 1. The highest BCUT2D eigenvalue weighted by Crippen LogP contribution is 2.13. The number of H-pyrrole nitrogens is 1. The molecule has 23 heavy (non-hydrogen) atoms. The van der Waals surface area contributed by atoms with E-state index < -0.39 is 11.2 Å². The summed E-state index contributed by atoms with van der Waals surface area (Å²) in [6.07, 6.45) is 1.62. The zero-order valence-electron chi connectivity index (χ0n) is 12.4. The van der Waals surface area contributed by atoms with Crippen LogP contribution in [0.1, 0.15) is 5.56 Å². The Kier molecular flexibility index (Phi) is 3.87. The third-order valence-corrected chi connectivity index (χ3v) is 4.10. The fourth-order valence-electron chi connectivity index (χ4n) is 2.12. The van der Waals surface area contributed by atoms with Crippen molar-refractivity contribution in [2.75, 3.05) is 5.43 Å². The largest absolute Gasteiger partial charge is 0.332 e. The molecular weight excluding hydrogens is 364 g/mol. The Morgan fingerprint density at radius 3 is 2.74 bits per heavy atom. The molecule has 0 amide bonds. The number of nitrogens with zero attached hydrogens (tertiary/aromatic N) is 4. The van der Waals surface area contributed by atoms with Gasteiger partial charge < -0.3 is 4.98 Å². The standard InChI is InChI=1S/C14H13BrN6O2/c1-20-11-10(12(22)21(2)14(20)23)17-13(18-11)19-16-7-8-5-3-4-6-9(8)15/h3-7H,1-2H3,(H2,17,18,19)/b16-7+. The number of nitrogens with one attached hydrogen (secondary N) is 2. The Morgan fingerprint density at radius 1 is 1.26 bits per heavy atom. The van der Waals surface area contributed by atoms with Gasteiger partial charge in [-0.3, -0.25) is 13.9 Å². The number of aromatic amines is 1. The van der Waals surface area contributed by atoms with Gasteiger partial charge in [0.1, 0.15) is 0 Å². The van der Waals surface area contributed by atoms with Gasteiger partial charge in [0.15, 0.2) is 11.2 Å². The second-order valence-corrected chi connectivity index (χ2v) is 5.74. The molecule has 0 saturated carbocycles. The highest BCUT2D eigenvalue weighted by atomic mass is 79.9. The van der Waals surface area contributed by atoms with Crippen LogP contribution in [0.25, 0.3) is 11.2 Å². The first-order valence-corrected chi connectivity index (χ1v) is 7.47. The molecule has 3 rings (SSSR count). The number of rotatable bonds is 3. The van der Waals surface area contributed by atoms with Crippen LogP contribution < -0.4 is 16.7 Å². The Morgan fingerprint density at radius 2 is 2.00 bits per heavy atom. The summed E-state index contributed by atoms with van der Waals surface area (Å²) in [6.45, 7) is 0. The van der Waals surface area contributed by atoms with Crippen LogP contribution in [0.3, 0.4) is 0 Å². The monoisotopic (exact) mass is 376 g/mol. The van der Waals surface area contributed by atoms with E-state index in [0.29, 0.717) is 0 Å². The number of halogens is 1. The number of hydrogen-bond donors (Lipinski definition) is 2. The number of fused-ring (bicyclic) bond motifs is 1. The number of imidazole rings is 1. The molecule has 0 aliphatic heterocycles. The Hall–Kier alpha value is -2.68. The lowest BCUT2D eigenvalue weighted by molar-refractivity contribution is 0.709. The van der Waals surface area contributed by atoms with Crippen molar-refractivity contribution in [2.24, 2.45) is 19.2 Å². The third kappa shape index (κ3) is 2.70. The van der Waals surface area contributed by atoms with Crippen LogP contribution in [-0.2, 0) is 14.1 Å². The van der Waals surface area contributed by atoms with E-state index in [2.05, 4.69) is 36.4 Å². The van der Waals surface area contributed by atoms with Gasteiger partial charge in [-0.2, -0.15) is 10.1 Å². The average Bonchev–Trinajstić information content (AvgIpc) is 2.97. The lowest BCUT2D eigenvalue weighted by Crippen LogP contribution is -2.36. The molecule has 2 aromatic heterocycles. The molecule has 118 valence electrons. The lowest BCUT2D eigenvalue weighted by Gasteiger charge is -2.00. The van der Waals surface area contributed by atoms with E-state index in [4.69, 9.17) is 0 Å². The summed E-state index contributed by atoms with van der Waals surface area (Å²) in [6, 6.07) is 7.60. The van der Waals surface area contributed by atoms with E-state index in [1.807, 2.05) is 24.3 Å². The van der Waals surface area contributed by atoms with Gasteiger partial charge in [0.05, 0.1) is 6.21 Å². The van der Waals surface area contributed by atoms with Gasteiger partial charge in [0.25, 0.3) is 5.56 Å². The molecule has 3 aromatic rings. The maximum atomic E-state index is 12.1. The summed E-state index contributed by atoms with van der Waals surface area (Å²) in [5.41, 5.74) is 3.26. The maximum Gasteiger partial charge on any atom is 0.332 e. The van der Waals surface area contributed by atoms with Crippen LogP contribution in [0, 0.1) is 0 Å². The second kappa shape index (κ2) is 5.84. The predicted molar refractivity (Wildman–Crippen MR) is 91.9 cm³/mol. The Labute approximate surface area is 138 Å². The Balaban J connectivity index is 1.95. The molecule has 8 nitrogen and oxygen atoms in total. The van der Waals surface area contributed by atoms with Crippen LogP contribution >= 0.6 is 15.9 Å². The topological polar surface area (TPSA) is 97.1 Å². The van der Waals surface area contributed by atoms with Gasteiger partial charge in [-0.15, -0.1) is 0 Å². The molecule has 2 N–H and O–H groups in total. The summed E-state index contributed by atoms with van der Waals surface area (Å²) in [5.74, 6) is 0.279. The molecule has 0 radical (unpaired) electrons. The number of hydrazone groups is 1. The summed E-state index contributed by atoms with van der Waals surface area (Å²) >= 11 is 3.42. The van der Waals surface area contributed by atoms with Gasteiger partial charge >= 0.3 is 5.69 Å². The van der Waals surface area contributed by atoms with Crippen molar-refractivity contribution < 1.29 is 0 Å². The van der Waals surface area contributed by atoms with Crippen molar-refractivity contribution in [3.63, 3.8) is 0 Å².